The first kappa shape index (κ1) is 22.0. The van der Waals surface area contributed by atoms with Crippen LogP contribution in [0.2, 0.25) is 18.1 Å². The van der Waals surface area contributed by atoms with Crippen molar-refractivity contribution >= 4 is 8.07 Å². The van der Waals surface area contributed by atoms with Crippen molar-refractivity contribution in [1.29, 1.82) is 0 Å². The molecule has 1 aromatic rings. The molecule has 27 heavy (non-hydrogen) atoms. The molecule has 0 radical (unpaired) electrons. The van der Waals surface area contributed by atoms with Gasteiger partial charge in [0.25, 0.3) is 0 Å². The van der Waals surface area contributed by atoms with Gasteiger partial charge in [-0.15, -0.1) is 0 Å². The van der Waals surface area contributed by atoms with Crippen LogP contribution in [0.5, 0.6) is 5.75 Å². The lowest BCUT2D eigenvalue weighted by atomic mass is 9.71. The predicted molar refractivity (Wildman–Crippen MR) is 122 cm³/mol. The number of benzene rings is 1. The molecule has 1 aliphatic heterocycles. The monoisotopic (exact) mass is 384 g/mol. The summed E-state index contributed by atoms with van der Waals surface area (Å²) in [5.41, 5.74) is 6.48. The zero-order valence-electron chi connectivity index (χ0n) is 18.7. The van der Waals surface area contributed by atoms with E-state index in [0.717, 1.165) is 11.5 Å². The Morgan fingerprint density at radius 2 is 1.59 bits per heavy atom. The van der Waals surface area contributed by atoms with Crippen LogP contribution in [-0.4, -0.2) is 8.07 Å². The van der Waals surface area contributed by atoms with Gasteiger partial charge >= 0.3 is 0 Å². The van der Waals surface area contributed by atoms with E-state index in [-0.39, 0.29) is 5.41 Å². The first-order valence-corrected chi connectivity index (χ1v) is 13.6. The van der Waals surface area contributed by atoms with Crippen LogP contribution in [0.25, 0.3) is 0 Å². The van der Waals surface area contributed by atoms with E-state index >= 15 is 0 Å². The van der Waals surface area contributed by atoms with Gasteiger partial charge in [-0.3, -0.25) is 0 Å². The Labute approximate surface area is 168 Å². The van der Waals surface area contributed by atoms with E-state index in [1.165, 1.54) is 54.1 Å². The van der Waals surface area contributed by atoms with Crippen molar-refractivity contribution in [3.63, 3.8) is 0 Å². The Hall–Kier alpha value is -1.28. The number of aryl methyl sites for hydroxylation is 1. The average Bonchev–Trinajstić information content (AvgIpc) is 2.55. The lowest BCUT2D eigenvalue weighted by molar-refractivity contribution is 0.305. The summed E-state index contributed by atoms with van der Waals surface area (Å²) in [7, 11) is -1.49. The van der Waals surface area contributed by atoms with Crippen molar-refractivity contribution in [3.8, 4) is 5.75 Å². The second kappa shape index (κ2) is 8.81. The van der Waals surface area contributed by atoms with Crippen LogP contribution in [0, 0.1) is 12.3 Å². The highest BCUT2D eigenvalue weighted by atomic mass is 28.3. The van der Waals surface area contributed by atoms with Crippen molar-refractivity contribution in [3.05, 3.63) is 52.9 Å². The topological polar surface area (TPSA) is 9.23 Å². The summed E-state index contributed by atoms with van der Waals surface area (Å²) in [5, 5.41) is 0. The largest absolute Gasteiger partial charge is 0.458 e. The molecule has 1 unspecified atom stereocenters. The first-order valence-electron chi connectivity index (χ1n) is 10.9. The number of ether oxygens (including phenoxy) is 1. The molecule has 0 N–H and O–H groups in total. The lowest BCUT2D eigenvalue weighted by Crippen LogP contribution is -2.34. The van der Waals surface area contributed by atoms with Crippen LogP contribution in [0.3, 0.4) is 0 Å². The number of rotatable bonds is 7. The molecule has 0 aromatic heterocycles. The van der Waals surface area contributed by atoms with Gasteiger partial charge in [0.05, 0.1) is 8.07 Å². The summed E-state index contributed by atoms with van der Waals surface area (Å²) < 4.78 is 6.52. The van der Waals surface area contributed by atoms with E-state index in [0.29, 0.717) is 5.92 Å². The second-order valence-corrected chi connectivity index (χ2v) is 14.1. The van der Waals surface area contributed by atoms with Crippen LogP contribution in [0.15, 0.2) is 41.8 Å². The lowest BCUT2D eigenvalue weighted by Gasteiger charge is -2.39. The van der Waals surface area contributed by atoms with Gasteiger partial charge in [0.2, 0.25) is 0 Å². The van der Waals surface area contributed by atoms with Gasteiger partial charge in [0, 0.05) is 11.5 Å². The minimum absolute atomic E-state index is 0.118. The number of hydrogen-bond donors (Lipinski definition) is 0. The summed E-state index contributed by atoms with van der Waals surface area (Å²) >= 11 is 0. The maximum atomic E-state index is 6.52. The number of allylic oxidation sites excluding steroid dienone is 1. The highest BCUT2D eigenvalue weighted by Gasteiger charge is 2.38. The summed E-state index contributed by atoms with van der Waals surface area (Å²) in [6, 6.07) is 10.7. The van der Waals surface area contributed by atoms with Crippen LogP contribution in [-0.2, 0) is 0 Å². The summed E-state index contributed by atoms with van der Waals surface area (Å²) in [5.74, 6) is 2.42. The fourth-order valence-electron chi connectivity index (χ4n) is 4.98. The molecule has 1 aromatic carbocycles. The molecule has 2 heteroatoms. The van der Waals surface area contributed by atoms with E-state index in [2.05, 4.69) is 78.9 Å². The molecule has 0 saturated heterocycles. The third-order valence-electron chi connectivity index (χ3n) is 5.91. The Kier molecular flexibility index (Phi) is 7.19. The molecular formula is C25H40OSi. The Morgan fingerprint density at radius 3 is 2.07 bits per heavy atom. The van der Waals surface area contributed by atoms with E-state index < -0.39 is 8.07 Å². The Morgan fingerprint density at radius 1 is 1.04 bits per heavy atom. The fourth-order valence-corrected chi connectivity index (χ4v) is 9.95. The molecule has 1 nitrogen and oxygen atoms in total. The minimum atomic E-state index is -1.49. The van der Waals surface area contributed by atoms with E-state index in [1.54, 1.807) is 0 Å². The highest BCUT2D eigenvalue weighted by Crippen LogP contribution is 2.50. The standard InChI is InChI=1S/C25H40OSi/c1-9-14-27(15-10-2,16-11-3)18-23-20(5)24(25(6,7)8)21-17-19(4)12-13-22(21)26-23/h12-13,17-18,24H,5,9-11,14-16H2,1-4,6-8H3/b23-18+. The molecule has 0 saturated carbocycles. The molecule has 1 atom stereocenters. The predicted octanol–water partition coefficient (Wildman–Crippen LogP) is 8.18. The maximum Gasteiger partial charge on any atom is 0.131 e. The molecule has 0 amide bonds. The Balaban J connectivity index is 2.58. The molecule has 150 valence electrons. The van der Waals surface area contributed by atoms with Crippen LogP contribution >= 0.6 is 0 Å². The van der Waals surface area contributed by atoms with Crippen molar-refractivity contribution in [1.82, 2.24) is 0 Å². The van der Waals surface area contributed by atoms with E-state index in [1.807, 2.05) is 0 Å². The second-order valence-electron chi connectivity index (χ2n) is 9.59. The maximum absolute atomic E-state index is 6.52. The molecule has 0 aliphatic carbocycles. The van der Waals surface area contributed by atoms with Crippen molar-refractivity contribution < 1.29 is 4.74 Å². The normalized spacial score (nSPS) is 19.1. The number of fused-ring (bicyclic) bond motifs is 1. The van der Waals surface area contributed by atoms with Crippen molar-refractivity contribution in [2.75, 3.05) is 0 Å². The molecule has 2 rings (SSSR count). The Bertz CT molecular complexity index is 676. The quantitative estimate of drug-likeness (QED) is 0.431. The van der Waals surface area contributed by atoms with E-state index in [9.17, 15) is 0 Å². The molecule has 1 heterocycles. The zero-order chi connectivity index (χ0) is 20.2. The zero-order valence-corrected chi connectivity index (χ0v) is 19.7. The highest BCUT2D eigenvalue weighted by molar-refractivity contribution is 6.84. The summed E-state index contributed by atoms with van der Waals surface area (Å²) in [6.07, 6.45) is 3.79. The molecule has 0 fully saturated rings. The first-order chi connectivity index (χ1) is 12.7. The summed E-state index contributed by atoms with van der Waals surface area (Å²) in [6.45, 7) is 20.7. The van der Waals surface area contributed by atoms with Gasteiger partial charge < -0.3 is 4.74 Å². The van der Waals surface area contributed by atoms with Crippen LogP contribution in [0.4, 0.5) is 0 Å². The number of hydrogen-bond acceptors (Lipinski definition) is 1. The van der Waals surface area contributed by atoms with Gasteiger partial charge in [0.15, 0.2) is 0 Å². The van der Waals surface area contributed by atoms with Gasteiger partial charge in [0.1, 0.15) is 11.5 Å². The minimum Gasteiger partial charge on any atom is -0.458 e. The molecule has 0 bridgehead atoms. The smallest absolute Gasteiger partial charge is 0.131 e. The average molecular weight is 385 g/mol. The van der Waals surface area contributed by atoms with Crippen LogP contribution in [0.1, 0.15) is 77.8 Å². The fraction of sp³-hybridized carbons (Fsp3) is 0.600. The van der Waals surface area contributed by atoms with Gasteiger partial charge in [-0.2, -0.15) is 0 Å². The van der Waals surface area contributed by atoms with E-state index in [4.69, 9.17) is 4.74 Å². The molecular weight excluding hydrogens is 344 g/mol. The van der Waals surface area contributed by atoms with Gasteiger partial charge in [-0.05, 0) is 24.0 Å². The SMILES string of the molecule is C=C1/C(=C\[Si](CCC)(CCC)CCC)Oc2ccc(C)cc2C1C(C)(C)C. The third-order valence-corrected chi connectivity index (χ3v) is 11.3. The van der Waals surface area contributed by atoms with Gasteiger partial charge in [-0.1, -0.05) is 109 Å². The van der Waals surface area contributed by atoms with Crippen molar-refractivity contribution in [2.45, 2.75) is 91.8 Å². The summed E-state index contributed by atoms with van der Waals surface area (Å²) in [4.78, 5) is 0. The third kappa shape index (κ3) is 4.96. The van der Waals surface area contributed by atoms with Crippen LogP contribution < -0.4 is 4.74 Å². The van der Waals surface area contributed by atoms with Gasteiger partial charge in [-0.25, -0.2) is 0 Å². The molecule has 0 spiro atoms. The molecule has 1 aliphatic rings. The van der Waals surface area contributed by atoms with Crippen molar-refractivity contribution in [2.24, 2.45) is 5.41 Å².